The van der Waals surface area contributed by atoms with Gasteiger partial charge in [-0.25, -0.2) is 0 Å². The molecule has 0 spiro atoms. The molecule has 1 amide bonds. The van der Waals surface area contributed by atoms with Crippen molar-refractivity contribution >= 4 is 29.1 Å². The summed E-state index contributed by atoms with van der Waals surface area (Å²) in [6.45, 7) is 2.33. The van der Waals surface area contributed by atoms with Gasteiger partial charge in [0.25, 0.3) is 0 Å². The molecule has 3 rings (SSSR count). The summed E-state index contributed by atoms with van der Waals surface area (Å²) in [4.78, 5) is 22.2. The van der Waals surface area contributed by atoms with Crippen LogP contribution >= 0.6 is 0 Å². The number of carbonyl (C=O) groups is 2. The van der Waals surface area contributed by atoms with Gasteiger partial charge in [0.1, 0.15) is 5.75 Å². The van der Waals surface area contributed by atoms with E-state index in [1.54, 1.807) is 0 Å². The zero-order chi connectivity index (χ0) is 20.1. The number of nitrogens with two attached hydrogens (primary N) is 1. The van der Waals surface area contributed by atoms with Gasteiger partial charge in [0, 0.05) is 6.42 Å². The molecule has 0 atom stereocenters. The Balaban J connectivity index is 1.93. The number of fused-ring (bicyclic) bond motifs is 1. The van der Waals surface area contributed by atoms with Crippen LogP contribution in [0.15, 0.2) is 54.1 Å². The monoisotopic (exact) mass is 377 g/mol. The lowest BCUT2D eigenvalue weighted by molar-refractivity contribution is -0.137. The molecule has 0 saturated heterocycles. The van der Waals surface area contributed by atoms with Crippen LogP contribution in [0, 0.1) is 0 Å². The Morgan fingerprint density at radius 3 is 2.54 bits per heavy atom. The maximum atomic E-state index is 11.6. The molecule has 1 aliphatic rings. The summed E-state index contributed by atoms with van der Waals surface area (Å²) >= 11 is 0. The van der Waals surface area contributed by atoms with E-state index in [1.807, 2.05) is 55.5 Å². The van der Waals surface area contributed by atoms with Gasteiger partial charge in [0.15, 0.2) is 0 Å². The quantitative estimate of drug-likeness (QED) is 0.677. The molecule has 0 bridgehead atoms. The molecular formula is C23H23NO4. The number of carbonyl (C=O) groups excluding carboxylic acids is 1. The van der Waals surface area contributed by atoms with Crippen molar-refractivity contribution in [2.24, 2.45) is 5.73 Å². The lowest BCUT2D eigenvalue weighted by atomic mass is 10.0. The second-order valence-corrected chi connectivity index (χ2v) is 6.77. The van der Waals surface area contributed by atoms with Crippen molar-refractivity contribution in [1.82, 2.24) is 0 Å². The second kappa shape index (κ2) is 8.57. The fourth-order valence-corrected chi connectivity index (χ4v) is 3.38. The number of aliphatic carboxylic acids is 1. The van der Waals surface area contributed by atoms with Gasteiger partial charge in [-0.2, -0.15) is 0 Å². The van der Waals surface area contributed by atoms with Crippen molar-refractivity contribution in [3.05, 3.63) is 70.8 Å². The molecule has 5 heteroatoms. The lowest BCUT2D eigenvalue weighted by Crippen LogP contribution is -2.10. The standard InChI is InChI=1S/C23H23NO4/c1-15-19(12-16-6-3-2-4-7-16)18-10-9-17(28-11-5-8-23(26)27)13-21(18)20(15)14-22(24)25/h2-4,6-7,9-10,12-13H,5,8,11,14H2,1H3,(H2,24,25)(H,26,27)/b19-12-. The number of ether oxygens (including phenoxy) is 1. The second-order valence-electron chi connectivity index (χ2n) is 6.77. The third kappa shape index (κ3) is 4.49. The zero-order valence-corrected chi connectivity index (χ0v) is 15.8. The molecule has 3 N–H and O–H groups in total. The number of hydrogen-bond donors (Lipinski definition) is 2. The Morgan fingerprint density at radius 2 is 1.86 bits per heavy atom. The minimum atomic E-state index is -0.837. The predicted octanol–water partition coefficient (Wildman–Crippen LogP) is 4.13. The first-order valence-electron chi connectivity index (χ1n) is 9.20. The fourth-order valence-electron chi connectivity index (χ4n) is 3.38. The molecule has 2 aromatic carbocycles. The van der Waals surface area contributed by atoms with Crippen molar-refractivity contribution in [2.45, 2.75) is 26.2 Å². The normalized spacial score (nSPS) is 14.2. The van der Waals surface area contributed by atoms with E-state index in [1.165, 1.54) is 0 Å². The molecule has 0 radical (unpaired) electrons. The van der Waals surface area contributed by atoms with Crippen molar-refractivity contribution < 1.29 is 19.4 Å². The highest BCUT2D eigenvalue weighted by Crippen LogP contribution is 2.44. The smallest absolute Gasteiger partial charge is 0.303 e. The third-order valence-corrected chi connectivity index (χ3v) is 4.73. The summed E-state index contributed by atoms with van der Waals surface area (Å²) in [5.41, 5.74) is 11.5. The number of hydrogen-bond acceptors (Lipinski definition) is 3. The van der Waals surface area contributed by atoms with Gasteiger partial charge in [-0.15, -0.1) is 0 Å². The van der Waals surface area contributed by atoms with Gasteiger partial charge >= 0.3 is 5.97 Å². The molecule has 144 valence electrons. The van der Waals surface area contributed by atoms with Crippen molar-refractivity contribution in [2.75, 3.05) is 6.61 Å². The van der Waals surface area contributed by atoms with Crippen LogP contribution in [0.2, 0.25) is 0 Å². The van der Waals surface area contributed by atoms with E-state index in [0.717, 1.165) is 33.4 Å². The van der Waals surface area contributed by atoms with Gasteiger partial charge < -0.3 is 15.6 Å². The summed E-state index contributed by atoms with van der Waals surface area (Å²) in [7, 11) is 0. The largest absolute Gasteiger partial charge is 0.494 e. The highest BCUT2D eigenvalue weighted by molar-refractivity contribution is 6.08. The minimum absolute atomic E-state index is 0.0703. The maximum Gasteiger partial charge on any atom is 0.303 e. The van der Waals surface area contributed by atoms with Gasteiger partial charge in [-0.05, 0) is 65.0 Å². The molecular weight excluding hydrogens is 354 g/mol. The van der Waals surface area contributed by atoms with E-state index in [9.17, 15) is 9.59 Å². The summed E-state index contributed by atoms with van der Waals surface area (Å²) in [5, 5.41) is 8.72. The average molecular weight is 377 g/mol. The number of primary amides is 1. The Morgan fingerprint density at radius 1 is 1.11 bits per heavy atom. The Hall–Kier alpha value is -3.34. The highest BCUT2D eigenvalue weighted by atomic mass is 16.5. The first-order chi connectivity index (χ1) is 13.5. The van der Waals surface area contributed by atoms with Crippen LogP contribution in [-0.4, -0.2) is 23.6 Å². The van der Waals surface area contributed by atoms with Gasteiger partial charge in [-0.1, -0.05) is 36.4 Å². The zero-order valence-electron chi connectivity index (χ0n) is 15.8. The summed E-state index contributed by atoms with van der Waals surface area (Å²) < 4.78 is 5.70. The number of rotatable bonds is 8. The van der Waals surface area contributed by atoms with Crippen molar-refractivity contribution in [3.63, 3.8) is 0 Å². The molecule has 2 aromatic rings. The first kappa shape index (κ1) is 19.4. The Bertz CT molecular complexity index is 958. The Labute approximate surface area is 164 Å². The number of amides is 1. The minimum Gasteiger partial charge on any atom is -0.494 e. The van der Waals surface area contributed by atoms with Crippen LogP contribution in [-0.2, 0) is 9.59 Å². The van der Waals surface area contributed by atoms with Crippen molar-refractivity contribution in [3.8, 4) is 5.75 Å². The molecule has 0 unspecified atom stereocenters. The average Bonchev–Trinajstić information content (AvgIpc) is 2.91. The molecule has 0 saturated carbocycles. The number of carboxylic acids is 1. The van der Waals surface area contributed by atoms with Crippen LogP contribution < -0.4 is 10.5 Å². The van der Waals surface area contributed by atoms with E-state index in [-0.39, 0.29) is 18.7 Å². The SMILES string of the molecule is CC1=C(CC(N)=O)c2cc(OCCCC(=O)O)ccc2/C1=C\c1ccccc1. The van der Waals surface area contributed by atoms with Crippen LogP contribution in [0.3, 0.4) is 0 Å². The summed E-state index contributed by atoms with van der Waals surface area (Å²) in [6.07, 6.45) is 2.78. The van der Waals surface area contributed by atoms with Crippen LogP contribution in [0.1, 0.15) is 42.9 Å². The molecule has 0 aromatic heterocycles. The number of benzene rings is 2. The topological polar surface area (TPSA) is 89.6 Å². The van der Waals surface area contributed by atoms with Crippen molar-refractivity contribution in [1.29, 1.82) is 0 Å². The molecule has 5 nitrogen and oxygen atoms in total. The summed E-state index contributed by atoms with van der Waals surface area (Å²) in [6, 6.07) is 15.8. The number of carboxylic acid groups (broad SMARTS) is 1. The van der Waals surface area contributed by atoms with E-state index in [2.05, 4.69) is 6.08 Å². The fraction of sp³-hybridized carbons (Fsp3) is 0.217. The van der Waals surface area contributed by atoms with Gasteiger partial charge in [-0.3, -0.25) is 9.59 Å². The van der Waals surface area contributed by atoms with E-state index >= 15 is 0 Å². The van der Waals surface area contributed by atoms with E-state index in [4.69, 9.17) is 15.6 Å². The van der Waals surface area contributed by atoms with Gasteiger partial charge in [0.05, 0.1) is 13.0 Å². The maximum absolute atomic E-state index is 11.6. The van der Waals surface area contributed by atoms with Crippen LogP contribution in [0.5, 0.6) is 5.75 Å². The van der Waals surface area contributed by atoms with E-state index < -0.39 is 5.97 Å². The molecule has 28 heavy (non-hydrogen) atoms. The third-order valence-electron chi connectivity index (χ3n) is 4.73. The van der Waals surface area contributed by atoms with Crippen LogP contribution in [0.4, 0.5) is 0 Å². The lowest BCUT2D eigenvalue weighted by Gasteiger charge is -2.10. The molecule has 0 heterocycles. The van der Waals surface area contributed by atoms with Gasteiger partial charge in [0.2, 0.25) is 5.91 Å². The number of allylic oxidation sites excluding steroid dienone is 2. The van der Waals surface area contributed by atoms with E-state index in [0.29, 0.717) is 18.8 Å². The highest BCUT2D eigenvalue weighted by Gasteiger charge is 2.25. The molecule has 0 aliphatic heterocycles. The summed E-state index contributed by atoms with van der Waals surface area (Å²) in [5.74, 6) is -0.565. The predicted molar refractivity (Wildman–Crippen MR) is 110 cm³/mol. The molecule has 0 fully saturated rings. The molecule has 1 aliphatic carbocycles. The Kier molecular flexibility index (Phi) is 5.94. The first-order valence-corrected chi connectivity index (χ1v) is 9.20. The van der Waals surface area contributed by atoms with Crippen LogP contribution in [0.25, 0.3) is 17.2 Å².